The predicted octanol–water partition coefficient (Wildman–Crippen LogP) is 3.36. The highest BCUT2D eigenvalue weighted by molar-refractivity contribution is 5.64. The van der Waals surface area contributed by atoms with Gasteiger partial charge in [-0.2, -0.15) is 33.2 Å². The number of hydrogen-bond donors (Lipinski definition) is 2. The normalized spacial score (nSPS) is 14.6. The van der Waals surface area contributed by atoms with E-state index in [0.29, 0.717) is 24.7 Å². The van der Waals surface area contributed by atoms with Gasteiger partial charge in [0.2, 0.25) is 17.8 Å². The maximum Gasteiger partial charge on any atom is 0.416 e. The third-order valence-corrected chi connectivity index (χ3v) is 6.25. The molecule has 39 heavy (non-hydrogen) atoms. The van der Waals surface area contributed by atoms with Crippen LogP contribution in [0.15, 0.2) is 61.6 Å². The van der Waals surface area contributed by atoms with Crippen molar-refractivity contribution in [3.8, 4) is 5.69 Å². The smallest absolute Gasteiger partial charge is 0.338 e. The first kappa shape index (κ1) is 24.5. The molecule has 1 aliphatic rings. The summed E-state index contributed by atoms with van der Waals surface area (Å²) in [6, 6.07) is 7.20. The van der Waals surface area contributed by atoms with Crippen molar-refractivity contribution in [1.82, 2.24) is 44.0 Å². The first-order chi connectivity index (χ1) is 18.8. The Bertz CT molecular complexity index is 1590. The lowest BCUT2D eigenvalue weighted by Gasteiger charge is -2.32. The number of rotatable bonds is 6. The van der Waals surface area contributed by atoms with Crippen molar-refractivity contribution in [2.75, 3.05) is 48.8 Å². The highest BCUT2D eigenvalue weighted by Crippen LogP contribution is 2.33. The van der Waals surface area contributed by atoms with Crippen LogP contribution in [-0.2, 0) is 6.18 Å². The summed E-state index contributed by atoms with van der Waals surface area (Å²) in [7, 11) is 2.04. The molecule has 2 N–H and O–H groups in total. The third-order valence-electron chi connectivity index (χ3n) is 6.25. The summed E-state index contributed by atoms with van der Waals surface area (Å²) in [5.41, 5.74) is 0.900. The number of benzene rings is 1. The molecule has 0 amide bonds. The molecule has 6 rings (SSSR count). The fourth-order valence-electron chi connectivity index (χ4n) is 4.19. The quantitative estimate of drug-likeness (QED) is 0.335. The van der Waals surface area contributed by atoms with Crippen molar-refractivity contribution in [2.24, 2.45) is 0 Å². The minimum Gasteiger partial charge on any atom is -0.338 e. The lowest BCUT2D eigenvalue weighted by Crippen LogP contribution is -2.45. The first-order valence-electron chi connectivity index (χ1n) is 12.0. The SMILES string of the molecule is CN1CCN(c2nc(Nc3cc(-n4cncn4)cc(C(F)(F)F)c3)nc(Nc3ccn4ccnc4c3)n2)CC1. The number of aromatic nitrogens is 8. The summed E-state index contributed by atoms with van der Waals surface area (Å²) >= 11 is 0. The topological polar surface area (TPSA) is 117 Å². The molecule has 0 aliphatic carbocycles. The zero-order chi connectivity index (χ0) is 27.0. The molecule has 4 aromatic heterocycles. The van der Waals surface area contributed by atoms with Crippen LogP contribution in [0.5, 0.6) is 0 Å². The Morgan fingerprint density at radius 2 is 1.64 bits per heavy atom. The molecule has 0 radical (unpaired) electrons. The number of pyridine rings is 1. The van der Waals surface area contributed by atoms with Crippen molar-refractivity contribution >= 4 is 34.9 Å². The summed E-state index contributed by atoms with van der Waals surface area (Å²) in [6.45, 7) is 3.03. The van der Waals surface area contributed by atoms with Crippen LogP contribution in [0.4, 0.5) is 42.4 Å². The zero-order valence-electron chi connectivity index (χ0n) is 20.7. The van der Waals surface area contributed by atoms with Crippen LogP contribution in [0.3, 0.4) is 0 Å². The zero-order valence-corrected chi connectivity index (χ0v) is 20.7. The number of imidazole rings is 1. The third kappa shape index (κ3) is 5.43. The average molecular weight is 537 g/mol. The van der Waals surface area contributed by atoms with Gasteiger partial charge in [-0.05, 0) is 31.3 Å². The monoisotopic (exact) mass is 536 g/mol. The molecule has 0 unspecified atom stereocenters. The molecule has 0 saturated carbocycles. The fourth-order valence-corrected chi connectivity index (χ4v) is 4.19. The fraction of sp³-hybridized carbons (Fsp3) is 0.250. The molecule has 0 atom stereocenters. The molecule has 12 nitrogen and oxygen atoms in total. The van der Waals surface area contributed by atoms with Gasteiger partial charge in [-0.1, -0.05) is 0 Å². The van der Waals surface area contributed by atoms with Gasteiger partial charge in [0.05, 0.1) is 11.3 Å². The number of nitrogens with zero attached hydrogens (tertiary/aromatic N) is 10. The Morgan fingerprint density at radius 3 is 2.36 bits per heavy atom. The number of anilines is 5. The van der Waals surface area contributed by atoms with Gasteiger partial charge in [-0.3, -0.25) is 0 Å². The second-order valence-electron chi connectivity index (χ2n) is 9.04. The largest absolute Gasteiger partial charge is 0.416 e. The van der Waals surface area contributed by atoms with E-state index in [2.05, 4.69) is 45.6 Å². The highest BCUT2D eigenvalue weighted by atomic mass is 19.4. The molecular weight excluding hydrogens is 513 g/mol. The van der Waals surface area contributed by atoms with Crippen molar-refractivity contribution in [1.29, 1.82) is 0 Å². The molecule has 15 heteroatoms. The van der Waals surface area contributed by atoms with Crippen molar-refractivity contribution in [2.45, 2.75) is 6.18 Å². The number of fused-ring (bicyclic) bond motifs is 1. The van der Waals surface area contributed by atoms with E-state index >= 15 is 0 Å². The van der Waals surface area contributed by atoms with Crippen LogP contribution in [-0.4, -0.2) is 77.2 Å². The van der Waals surface area contributed by atoms with E-state index in [1.54, 1.807) is 6.20 Å². The highest BCUT2D eigenvalue weighted by Gasteiger charge is 2.31. The van der Waals surface area contributed by atoms with Gasteiger partial charge in [0.15, 0.2) is 0 Å². The molecule has 1 fully saturated rings. The molecule has 1 aromatic carbocycles. The predicted molar refractivity (Wildman–Crippen MR) is 138 cm³/mol. The lowest BCUT2D eigenvalue weighted by molar-refractivity contribution is -0.137. The number of nitrogens with one attached hydrogen (secondary N) is 2. The Labute approximate surface area is 220 Å². The van der Waals surface area contributed by atoms with Crippen molar-refractivity contribution in [3.05, 3.63) is 67.1 Å². The van der Waals surface area contributed by atoms with Crippen LogP contribution < -0.4 is 15.5 Å². The molecule has 0 bridgehead atoms. The summed E-state index contributed by atoms with van der Waals surface area (Å²) in [5, 5.41) is 10.1. The second kappa shape index (κ2) is 9.83. The van der Waals surface area contributed by atoms with Crippen molar-refractivity contribution in [3.63, 3.8) is 0 Å². The summed E-state index contributed by atoms with van der Waals surface area (Å²) < 4.78 is 44.3. The number of hydrogen-bond acceptors (Lipinski definition) is 10. The molecule has 5 aromatic rings. The van der Waals surface area contributed by atoms with E-state index in [-0.39, 0.29) is 23.3 Å². The lowest BCUT2D eigenvalue weighted by atomic mass is 10.1. The maximum absolute atomic E-state index is 13.7. The second-order valence-corrected chi connectivity index (χ2v) is 9.04. The van der Waals surface area contributed by atoms with E-state index in [9.17, 15) is 13.2 Å². The minimum atomic E-state index is -4.57. The summed E-state index contributed by atoms with van der Waals surface area (Å²) in [4.78, 5) is 26.0. The number of likely N-dealkylation sites (N-methyl/N-ethyl adjacent to an activating group) is 1. The van der Waals surface area contributed by atoms with E-state index in [0.717, 1.165) is 30.9 Å². The Morgan fingerprint density at radius 1 is 0.872 bits per heavy atom. The first-order valence-corrected chi connectivity index (χ1v) is 12.0. The van der Waals surface area contributed by atoms with Gasteiger partial charge in [-0.25, -0.2) is 14.6 Å². The van der Waals surface area contributed by atoms with E-state index < -0.39 is 11.7 Å². The van der Waals surface area contributed by atoms with E-state index in [1.165, 1.54) is 23.4 Å². The standard InChI is InChI=1S/C24H23F3N12/c1-36-6-8-38(9-7-36)23-34-21(31-17-2-4-37-5-3-29-20(37)13-17)33-22(35-23)32-18-10-16(24(25,26)27)11-19(12-18)39-15-28-14-30-39/h2-5,10-15H,6-9H2,1H3,(H2,31,32,33,34,35). The summed E-state index contributed by atoms with van der Waals surface area (Å²) in [6.07, 6.45) is 3.37. The Kier molecular flexibility index (Phi) is 6.18. The van der Waals surface area contributed by atoms with Gasteiger partial charge < -0.3 is 24.8 Å². The Hall–Kier alpha value is -4.79. The van der Waals surface area contributed by atoms with Gasteiger partial charge in [0.1, 0.15) is 18.3 Å². The number of alkyl halides is 3. The molecule has 1 saturated heterocycles. The van der Waals surface area contributed by atoms with Crippen LogP contribution in [0.25, 0.3) is 11.3 Å². The molecule has 1 aliphatic heterocycles. The molecule has 0 spiro atoms. The molecule has 200 valence electrons. The minimum absolute atomic E-state index is 0.0900. The summed E-state index contributed by atoms with van der Waals surface area (Å²) in [5.74, 6) is 0.737. The Balaban J connectivity index is 1.37. The number of halogens is 3. The van der Waals surface area contributed by atoms with Gasteiger partial charge in [0, 0.05) is 62.2 Å². The van der Waals surface area contributed by atoms with Crippen LogP contribution in [0.1, 0.15) is 5.56 Å². The van der Waals surface area contributed by atoms with Crippen LogP contribution in [0.2, 0.25) is 0 Å². The van der Waals surface area contributed by atoms with E-state index in [4.69, 9.17) is 0 Å². The number of piperazine rings is 1. The van der Waals surface area contributed by atoms with Gasteiger partial charge >= 0.3 is 6.18 Å². The van der Waals surface area contributed by atoms with Crippen LogP contribution >= 0.6 is 0 Å². The van der Waals surface area contributed by atoms with Crippen molar-refractivity contribution < 1.29 is 13.2 Å². The average Bonchev–Trinajstić information content (AvgIpc) is 3.61. The maximum atomic E-state index is 13.7. The van der Waals surface area contributed by atoms with Gasteiger partial charge in [-0.15, -0.1) is 0 Å². The van der Waals surface area contributed by atoms with Gasteiger partial charge in [0.25, 0.3) is 0 Å². The molecule has 5 heterocycles. The van der Waals surface area contributed by atoms with Crippen LogP contribution in [0, 0.1) is 0 Å². The van der Waals surface area contributed by atoms with E-state index in [1.807, 2.05) is 40.9 Å². The molecular formula is C24H23F3N12.